The van der Waals surface area contributed by atoms with Crippen molar-refractivity contribution in [2.75, 3.05) is 0 Å². The molecular formula is C9H10F3N. The molecule has 0 fully saturated rings. The van der Waals surface area contributed by atoms with Gasteiger partial charge in [0, 0.05) is 13.2 Å². The van der Waals surface area contributed by atoms with Gasteiger partial charge in [-0.3, -0.25) is 0 Å². The molecule has 1 nitrogen and oxygen atoms in total. The lowest BCUT2D eigenvalue weighted by molar-refractivity contribution is -0.143. The van der Waals surface area contributed by atoms with Gasteiger partial charge in [0.2, 0.25) is 0 Å². The quantitative estimate of drug-likeness (QED) is 0.591. The molecule has 1 aromatic heterocycles. The highest BCUT2D eigenvalue weighted by Gasteiger charge is 2.38. The number of rotatable bonds is 0. The van der Waals surface area contributed by atoms with Crippen molar-refractivity contribution in [3.63, 3.8) is 0 Å². The summed E-state index contributed by atoms with van der Waals surface area (Å²) in [4.78, 5) is 0. The minimum absolute atomic E-state index is 0.458. The summed E-state index contributed by atoms with van der Waals surface area (Å²) in [7, 11) is 1.46. The molecule has 0 radical (unpaired) electrons. The minimum Gasteiger partial charge on any atom is -0.347 e. The van der Waals surface area contributed by atoms with E-state index in [-0.39, 0.29) is 0 Å². The fourth-order valence-corrected chi connectivity index (χ4v) is 2.06. The molecule has 13 heavy (non-hydrogen) atoms. The van der Waals surface area contributed by atoms with Gasteiger partial charge in [-0.15, -0.1) is 0 Å². The second kappa shape index (κ2) is 2.53. The van der Waals surface area contributed by atoms with Gasteiger partial charge < -0.3 is 4.57 Å². The van der Waals surface area contributed by atoms with E-state index in [4.69, 9.17) is 0 Å². The molecule has 72 valence electrons. The van der Waals surface area contributed by atoms with Crippen molar-refractivity contribution in [3.8, 4) is 0 Å². The van der Waals surface area contributed by atoms with E-state index < -0.39 is 11.9 Å². The molecular weight excluding hydrogens is 179 g/mol. The van der Waals surface area contributed by atoms with Gasteiger partial charge in [0.25, 0.3) is 0 Å². The van der Waals surface area contributed by atoms with E-state index >= 15 is 0 Å². The fourth-order valence-electron chi connectivity index (χ4n) is 2.06. The van der Waals surface area contributed by atoms with Crippen LogP contribution in [0.5, 0.6) is 0 Å². The molecule has 0 unspecified atom stereocenters. The lowest BCUT2D eigenvalue weighted by atomic mass is 10.2. The fraction of sp³-hybridized carbons (Fsp3) is 0.556. The molecule has 0 aromatic carbocycles. The van der Waals surface area contributed by atoms with Crippen LogP contribution in [-0.4, -0.2) is 4.57 Å². The Morgan fingerprint density at radius 3 is 2.62 bits per heavy atom. The largest absolute Gasteiger partial charge is 0.431 e. The smallest absolute Gasteiger partial charge is 0.347 e. The van der Waals surface area contributed by atoms with E-state index in [2.05, 4.69) is 0 Å². The van der Waals surface area contributed by atoms with Crippen LogP contribution in [0.4, 0.5) is 13.2 Å². The van der Waals surface area contributed by atoms with Crippen LogP contribution < -0.4 is 0 Å². The summed E-state index contributed by atoms with van der Waals surface area (Å²) in [6.07, 6.45) is -0.378. The van der Waals surface area contributed by atoms with Crippen molar-refractivity contribution >= 4 is 0 Å². The molecule has 0 saturated carbocycles. The third-order valence-electron chi connectivity index (χ3n) is 2.52. The Labute approximate surface area is 74.2 Å². The van der Waals surface area contributed by atoms with Gasteiger partial charge in [0.1, 0.15) is 5.69 Å². The van der Waals surface area contributed by atoms with Crippen LogP contribution >= 0.6 is 0 Å². The molecule has 0 aliphatic heterocycles. The summed E-state index contributed by atoms with van der Waals surface area (Å²) < 4.78 is 38.7. The molecule has 1 aliphatic rings. The third kappa shape index (κ3) is 1.24. The first-order valence-corrected chi connectivity index (χ1v) is 4.24. The Morgan fingerprint density at radius 1 is 1.31 bits per heavy atom. The van der Waals surface area contributed by atoms with Crippen LogP contribution in [-0.2, 0) is 26.1 Å². The van der Waals surface area contributed by atoms with Crippen LogP contribution in [0.25, 0.3) is 0 Å². The molecule has 0 N–H and O–H groups in total. The molecule has 4 heteroatoms. The summed E-state index contributed by atoms with van der Waals surface area (Å²) in [5.41, 5.74) is 0.921. The highest BCUT2D eigenvalue weighted by Crippen LogP contribution is 2.37. The third-order valence-corrected chi connectivity index (χ3v) is 2.52. The maximum absolute atomic E-state index is 12.5. The van der Waals surface area contributed by atoms with Crippen molar-refractivity contribution < 1.29 is 13.2 Å². The van der Waals surface area contributed by atoms with E-state index in [0.717, 1.165) is 18.4 Å². The van der Waals surface area contributed by atoms with Gasteiger partial charge in [-0.1, -0.05) is 0 Å². The molecule has 0 bridgehead atoms. The van der Waals surface area contributed by atoms with E-state index in [1.165, 1.54) is 11.6 Å². The number of fused-ring (bicyclic) bond motifs is 1. The van der Waals surface area contributed by atoms with E-state index in [1.807, 2.05) is 0 Å². The minimum atomic E-state index is -4.20. The van der Waals surface area contributed by atoms with Crippen molar-refractivity contribution in [1.29, 1.82) is 0 Å². The van der Waals surface area contributed by atoms with Gasteiger partial charge in [0.05, 0.1) is 0 Å². The monoisotopic (exact) mass is 189 g/mol. The zero-order valence-corrected chi connectivity index (χ0v) is 7.28. The average Bonchev–Trinajstić information content (AvgIpc) is 2.41. The van der Waals surface area contributed by atoms with Crippen molar-refractivity contribution in [2.45, 2.75) is 25.4 Å². The topological polar surface area (TPSA) is 4.93 Å². The number of halogens is 3. The molecule has 0 amide bonds. The Bertz CT molecular complexity index is 335. The van der Waals surface area contributed by atoms with Crippen LogP contribution in [0.1, 0.15) is 23.2 Å². The number of alkyl halides is 3. The zero-order chi connectivity index (χ0) is 9.64. The zero-order valence-electron chi connectivity index (χ0n) is 7.28. The summed E-state index contributed by atoms with van der Waals surface area (Å²) in [5, 5.41) is 0. The predicted molar refractivity (Wildman–Crippen MR) is 42.4 cm³/mol. The predicted octanol–water partition coefficient (Wildman–Crippen LogP) is 2.53. The first-order chi connectivity index (χ1) is 6.00. The first-order valence-electron chi connectivity index (χ1n) is 4.24. The first kappa shape index (κ1) is 8.66. The van der Waals surface area contributed by atoms with Gasteiger partial charge in [-0.2, -0.15) is 13.2 Å². The highest BCUT2D eigenvalue weighted by molar-refractivity contribution is 5.37. The number of aromatic nitrogens is 1. The maximum Gasteiger partial charge on any atom is 0.431 e. The van der Waals surface area contributed by atoms with Crippen molar-refractivity contribution in [3.05, 3.63) is 23.0 Å². The molecule has 1 heterocycles. The number of aryl methyl sites for hydroxylation is 2. The Morgan fingerprint density at radius 2 is 2.00 bits per heavy atom. The molecule has 1 aliphatic carbocycles. The van der Waals surface area contributed by atoms with Crippen molar-refractivity contribution in [1.82, 2.24) is 4.57 Å². The standard InChI is InChI=1S/C9H10F3N/c1-13-5-6-3-2-4-7(6)8(13)9(10,11)12/h5H,2-4H2,1H3. The second-order valence-electron chi connectivity index (χ2n) is 3.44. The van der Waals surface area contributed by atoms with E-state index in [0.29, 0.717) is 12.0 Å². The highest BCUT2D eigenvalue weighted by atomic mass is 19.4. The number of hydrogen-bond donors (Lipinski definition) is 0. The lowest BCUT2D eigenvalue weighted by Crippen LogP contribution is -2.12. The van der Waals surface area contributed by atoms with Crippen LogP contribution in [0.15, 0.2) is 6.20 Å². The van der Waals surface area contributed by atoms with Gasteiger partial charge in [0.15, 0.2) is 0 Å². The Balaban J connectivity index is 2.56. The number of hydrogen-bond acceptors (Lipinski definition) is 0. The molecule has 2 rings (SSSR count). The number of nitrogens with zero attached hydrogens (tertiary/aromatic N) is 1. The average molecular weight is 189 g/mol. The Hall–Kier alpha value is -0.930. The summed E-state index contributed by atoms with van der Waals surface area (Å²) in [5.74, 6) is 0. The normalized spacial score (nSPS) is 16.3. The van der Waals surface area contributed by atoms with Gasteiger partial charge in [-0.25, -0.2) is 0 Å². The second-order valence-corrected chi connectivity index (χ2v) is 3.44. The van der Waals surface area contributed by atoms with Gasteiger partial charge >= 0.3 is 6.18 Å². The molecule has 0 atom stereocenters. The maximum atomic E-state index is 12.5. The van der Waals surface area contributed by atoms with Crippen LogP contribution in [0.2, 0.25) is 0 Å². The summed E-state index contributed by atoms with van der Waals surface area (Å²) in [6, 6.07) is 0. The van der Waals surface area contributed by atoms with Gasteiger partial charge in [-0.05, 0) is 30.4 Å². The van der Waals surface area contributed by atoms with Crippen LogP contribution in [0.3, 0.4) is 0 Å². The van der Waals surface area contributed by atoms with E-state index in [1.54, 1.807) is 6.20 Å². The molecule has 0 saturated heterocycles. The molecule has 1 aromatic rings. The summed E-state index contributed by atoms with van der Waals surface area (Å²) >= 11 is 0. The SMILES string of the molecule is Cn1cc2c(c1C(F)(F)F)CCC2. The summed E-state index contributed by atoms with van der Waals surface area (Å²) in [6.45, 7) is 0. The Kier molecular flexibility index (Phi) is 1.68. The van der Waals surface area contributed by atoms with Crippen molar-refractivity contribution in [2.24, 2.45) is 7.05 Å². The van der Waals surface area contributed by atoms with Crippen LogP contribution in [0, 0.1) is 0 Å². The van der Waals surface area contributed by atoms with E-state index in [9.17, 15) is 13.2 Å². The lowest BCUT2D eigenvalue weighted by Gasteiger charge is -2.09. The molecule has 0 spiro atoms.